The Kier molecular flexibility index (Phi) is 161. The topological polar surface area (TPSA) is 69.9 Å². The summed E-state index contributed by atoms with van der Waals surface area (Å²) in [6.45, 7) is 49.7. The molecular formula is C34H66O4. The number of ether oxygens (including phenoxy) is 1. The molecule has 3 N–H and O–H groups in total. The first kappa shape index (κ1) is 59.9. The molecule has 38 heavy (non-hydrogen) atoms. The molecule has 0 saturated heterocycles. The lowest BCUT2D eigenvalue weighted by molar-refractivity contribution is 0.162. The van der Waals surface area contributed by atoms with Crippen LogP contribution < -0.4 is 0 Å². The number of rotatable bonds is 10. The van der Waals surface area contributed by atoms with Gasteiger partial charge in [-0.3, -0.25) is 0 Å². The van der Waals surface area contributed by atoms with E-state index in [1.807, 2.05) is 32.0 Å². The fourth-order valence-corrected chi connectivity index (χ4v) is 2.02. The van der Waals surface area contributed by atoms with Crippen LogP contribution in [0.25, 0.3) is 0 Å². The number of aliphatic hydroxyl groups excluding tert-OH is 2. The summed E-state index contributed by atoms with van der Waals surface area (Å²) in [6.07, 6.45) is 8.85. The van der Waals surface area contributed by atoms with Crippen molar-refractivity contribution in [1.29, 1.82) is 0 Å². The Labute approximate surface area is 239 Å². The van der Waals surface area contributed by atoms with Crippen LogP contribution in [0.5, 0.6) is 5.75 Å². The van der Waals surface area contributed by atoms with Gasteiger partial charge in [0.25, 0.3) is 0 Å². The average molecular weight is 539 g/mol. The molecule has 4 nitrogen and oxygen atoms in total. The van der Waals surface area contributed by atoms with Gasteiger partial charge in [-0.1, -0.05) is 57.2 Å². The number of hydrogen-bond donors (Lipinski definition) is 3. The standard InChI is InChI=1S/C14H22O.C4H10O.C2H6O2.7C2H4/c1-2-3-4-5-6-7-10-13-11-8-9-12-14(13)15;1-3-5-4-2;3-1-2-4;7*1-2/h8-9,11-12,15H,2-7,10H2,1H3;3-4H2,1-2H3;3-4H,1-2H2;7*1-2H2. The van der Waals surface area contributed by atoms with Crippen LogP contribution in [-0.4, -0.2) is 41.7 Å². The number of aromatic hydroxyl groups is 1. The summed E-state index contributed by atoms with van der Waals surface area (Å²) in [5.41, 5.74) is 1.09. The van der Waals surface area contributed by atoms with Crippen molar-refractivity contribution in [3.63, 3.8) is 0 Å². The Bertz CT molecular complexity index is 415. The maximum absolute atomic E-state index is 9.55. The molecule has 0 atom stereocenters. The molecule has 0 aliphatic heterocycles. The molecule has 0 radical (unpaired) electrons. The van der Waals surface area contributed by atoms with Crippen LogP contribution in [-0.2, 0) is 11.2 Å². The summed E-state index contributed by atoms with van der Waals surface area (Å²) in [5.74, 6) is 0.450. The van der Waals surface area contributed by atoms with Gasteiger partial charge < -0.3 is 20.1 Å². The Morgan fingerprint density at radius 2 is 0.895 bits per heavy atom. The van der Waals surface area contributed by atoms with E-state index in [4.69, 9.17) is 14.9 Å². The molecule has 0 fully saturated rings. The second-order valence-corrected chi connectivity index (χ2v) is 5.38. The van der Waals surface area contributed by atoms with Crippen molar-refractivity contribution in [1.82, 2.24) is 0 Å². The average Bonchev–Trinajstić information content (AvgIpc) is 3.03. The van der Waals surface area contributed by atoms with Gasteiger partial charge in [-0.25, -0.2) is 0 Å². The number of phenolic OH excluding ortho intramolecular Hbond substituents is 1. The number of benzene rings is 1. The number of hydrogen-bond acceptors (Lipinski definition) is 4. The van der Waals surface area contributed by atoms with Gasteiger partial charge >= 0.3 is 0 Å². The molecule has 0 aliphatic rings. The van der Waals surface area contributed by atoms with Gasteiger partial charge in [0.15, 0.2) is 0 Å². The normalized spacial score (nSPS) is 6.76. The number of aryl methyl sites for hydroxylation is 1. The van der Waals surface area contributed by atoms with Crippen LogP contribution in [0.3, 0.4) is 0 Å². The molecule has 0 unspecified atom stereocenters. The van der Waals surface area contributed by atoms with E-state index in [-0.39, 0.29) is 13.2 Å². The summed E-state index contributed by atoms with van der Waals surface area (Å²) in [4.78, 5) is 0. The molecule has 0 spiro atoms. The maximum Gasteiger partial charge on any atom is 0.118 e. The van der Waals surface area contributed by atoms with E-state index in [0.29, 0.717) is 5.75 Å². The van der Waals surface area contributed by atoms with Crippen LogP contribution in [0.15, 0.2) is 116 Å². The summed E-state index contributed by atoms with van der Waals surface area (Å²) in [6, 6.07) is 7.65. The molecule has 0 saturated carbocycles. The molecule has 1 rings (SSSR count). The first-order chi connectivity index (χ1) is 18.7. The monoisotopic (exact) mass is 538 g/mol. The highest BCUT2D eigenvalue weighted by Crippen LogP contribution is 2.18. The minimum absolute atomic E-state index is 0.125. The summed E-state index contributed by atoms with van der Waals surface area (Å²) >= 11 is 0. The molecule has 0 bridgehead atoms. The fraction of sp³-hybridized carbons (Fsp3) is 0.412. The van der Waals surface area contributed by atoms with Crippen LogP contribution in [0.1, 0.15) is 64.9 Å². The van der Waals surface area contributed by atoms with Gasteiger partial charge in [0.2, 0.25) is 0 Å². The Morgan fingerprint density at radius 3 is 1.18 bits per heavy atom. The zero-order valence-corrected chi connectivity index (χ0v) is 25.7. The Morgan fingerprint density at radius 1 is 0.553 bits per heavy atom. The lowest BCUT2D eigenvalue weighted by Crippen LogP contribution is -1.86. The van der Waals surface area contributed by atoms with E-state index in [1.54, 1.807) is 6.07 Å². The SMILES string of the molecule is C=C.C=C.C=C.C=C.C=C.C=C.C=C.CCCCCCCCc1ccccc1O.CCOCC.OCCO. The first-order valence-electron chi connectivity index (χ1n) is 12.7. The predicted molar refractivity (Wildman–Crippen MR) is 180 cm³/mol. The van der Waals surface area contributed by atoms with Gasteiger partial charge in [-0.05, 0) is 38.3 Å². The second-order valence-electron chi connectivity index (χ2n) is 5.38. The minimum Gasteiger partial charge on any atom is -0.508 e. The van der Waals surface area contributed by atoms with Crippen molar-refractivity contribution in [3.8, 4) is 5.75 Å². The van der Waals surface area contributed by atoms with Crippen LogP contribution in [0.2, 0.25) is 0 Å². The molecule has 0 heterocycles. The molecule has 0 aromatic heterocycles. The van der Waals surface area contributed by atoms with E-state index < -0.39 is 0 Å². The van der Waals surface area contributed by atoms with Gasteiger partial charge in [0.1, 0.15) is 5.75 Å². The van der Waals surface area contributed by atoms with Gasteiger partial charge in [-0.2, -0.15) is 0 Å². The number of aliphatic hydroxyl groups is 2. The number of para-hydroxylation sites is 1. The Balaban J connectivity index is -0.0000000438. The van der Waals surface area contributed by atoms with Crippen molar-refractivity contribution in [2.45, 2.75) is 65.7 Å². The fourth-order valence-electron chi connectivity index (χ4n) is 2.02. The molecule has 0 aliphatic carbocycles. The van der Waals surface area contributed by atoms with E-state index in [1.165, 1.54) is 38.5 Å². The molecule has 1 aromatic carbocycles. The Hall–Kier alpha value is -2.92. The number of phenols is 1. The molecule has 0 amide bonds. The second kappa shape index (κ2) is 102. The van der Waals surface area contributed by atoms with E-state index in [9.17, 15) is 5.11 Å². The molecule has 226 valence electrons. The van der Waals surface area contributed by atoms with Crippen molar-refractivity contribution >= 4 is 0 Å². The third kappa shape index (κ3) is 93.5. The predicted octanol–water partition coefficient (Wildman–Crippen LogP) is 9.92. The first-order valence-corrected chi connectivity index (χ1v) is 12.7. The smallest absolute Gasteiger partial charge is 0.118 e. The van der Waals surface area contributed by atoms with Crippen LogP contribution in [0.4, 0.5) is 0 Å². The van der Waals surface area contributed by atoms with Gasteiger partial charge in [0.05, 0.1) is 13.2 Å². The third-order valence-electron chi connectivity index (χ3n) is 3.30. The van der Waals surface area contributed by atoms with E-state index in [2.05, 4.69) is 99.0 Å². The van der Waals surface area contributed by atoms with Gasteiger partial charge in [-0.15, -0.1) is 92.1 Å². The summed E-state index contributed by atoms with van der Waals surface area (Å²) in [5, 5.41) is 24.8. The van der Waals surface area contributed by atoms with Crippen molar-refractivity contribution < 1.29 is 20.1 Å². The molecule has 1 aromatic rings. The summed E-state index contributed by atoms with van der Waals surface area (Å²) in [7, 11) is 0. The largest absolute Gasteiger partial charge is 0.508 e. The lowest BCUT2D eigenvalue weighted by Gasteiger charge is -2.03. The van der Waals surface area contributed by atoms with Crippen LogP contribution in [0, 0.1) is 0 Å². The van der Waals surface area contributed by atoms with Crippen LogP contribution >= 0.6 is 0 Å². The lowest BCUT2D eigenvalue weighted by atomic mass is 10.0. The minimum atomic E-state index is -0.125. The summed E-state index contributed by atoms with van der Waals surface area (Å²) < 4.78 is 4.83. The van der Waals surface area contributed by atoms with Crippen molar-refractivity contribution in [3.05, 3.63) is 122 Å². The highest BCUT2D eigenvalue weighted by molar-refractivity contribution is 5.31. The zero-order chi connectivity index (χ0) is 32.5. The molecular weight excluding hydrogens is 472 g/mol. The highest BCUT2D eigenvalue weighted by atomic mass is 16.5. The quantitative estimate of drug-likeness (QED) is 0.205. The highest BCUT2D eigenvalue weighted by Gasteiger charge is 1.98. The number of unbranched alkanes of at least 4 members (excludes halogenated alkanes) is 5. The third-order valence-corrected chi connectivity index (χ3v) is 3.30. The van der Waals surface area contributed by atoms with E-state index >= 15 is 0 Å². The van der Waals surface area contributed by atoms with Crippen molar-refractivity contribution in [2.75, 3.05) is 26.4 Å². The van der Waals surface area contributed by atoms with E-state index in [0.717, 1.165) is 25.2 Å². The van der Waals surface area contributed by atoms with Crippen molar-refractivity contribution in [2.24, 2.45) is 0 Å². The molecule has 4 heteroatoms. The zero-order valence-electron chi connectivity index (χ0n) is 25.7. The van der Waals surface area contributed by atoms with Gasteiger partial charge in [0, 0.05) is 13.2 Å². The maximum atomic E-state index is 9.55.